The molecule has 2 aromatic heterocycles. The van der Waals surface area contributed by atoms with Crippen molar-refractivity contribution in [1.29, 1.82) is 0 Å². The highest BCUT2D eigenvalue weighted by molar-refractivity contribution is 7.91. The number of hydrogen-bond acceptors (Lipinski definition) is 9. The third kappa shape index (κ3) is 4.12. The van der Waals surface area contributed by atoms with Crippen molar-refractivity contribution in [3.05, 3.63) is 76.2 Å². The van der Waals surface area contributed by atoms with E-state index in [-0.39, 0.29) is 39.3 Å². The Balaban J connectivity index is 1.29. The molecule has 13 nitrogen and oxygen atoms in total. The Morgan fingerprint density at radius 2 is 1.68 bits per heavy atom. The molecule has 1 aliphatic carbocycles. The molecule has 40 heavy (non-hydrogen) atoms. The number of nitrogens with zero attached hydrogens (tertiary/aromatic N) is 4. The molecule has 1 unspecified atom stereocenters. The highest BCUT2D eigenvalue weighted by Crippen LogP contribution is 2.37. The maximum absolute atomic E-state index is 13.4. The number of sulfone groups is 1. The molecule has 3 heterocycles. The van der Waals surface area contributed by atoms with E-state index in [1.165, 1.54) is 29.2 Å². The van der Waals surface area contributed by atoms with Gasteiger partial charge in [0.05, 0.1) is 33.9 Å². The molecule has 0 spiro atoms. The molecular formula is C26H22N6O7S. The Hall–Kier alpha value is -4.85. The number of hydrogen-bond donors (Lipinski definition) is 4. The molecule has 6 rings (SSSR count). The van der Waals surface area contributed by atoms with Gasteiger partial charge in [-0.15, -0.1) is 0 Å². The van der Waals surface area contributed by atoms with E-state index >= 15 is 0 Å². The Morgan fingerprint density at radius 1 is 0.975 bits per heavy atom. The van der Waals surface area contributed by atoms with Gasteiger partial charge in [0.1, 0.15) is 17.4 Å². The van der Waals surface area contributed by atoms with E-state index in [2.05, 4.69) is 25.7 Å². The SMILES string of the molecule is Cn1nc(NC2CS(=O)(=O)c3cc(C(=O)O)ccc32)c2ncnc(C(=O)N[C@H]3CCc4cc(C(=O)O)ccc43)c21. The molecular weight excluding hydrogens is 540 g/mol. The summed E-state index contributed by atoms with van der Waals surface area (Å²) in [5.74, 6) is -2.75. The van der Waals surface area contributed by atoms with E-state index in [0.29, 0.717) is 29.4 Å². The van der Waals surface area contributed by atoms with Crippen LogP contribution in [0.2, 0.25) is 0 Å². The summed E-state index contributed by atoms with van der Waals surface area (Å²) in [6.45, 7) is 0. The molecule has 0 bridgehead atoms. The molecule has 1 aliphatic heterocycles. The van der Waals surface area contributed by atoms with Gasteiger partial charge in [0.2, 0.25) is 0 Å². The van der Waals surface area contributed by atoms with Gasteiger partial charge in [0.15, 0.2) is 21.3 Å². The van der Waals surface area contributed by atoms with Crippen molar-refractivity contribution in [1.82, 2.24) is 25.1 Å². The van der Waals surface area contributed by atoms with Crippen LogP contribution >= 0.6 is 0 Å². The zero-order chi connectivity index (χ0) is 28.3. The first-order valence-corrected chi connectivity index (χ1v) is 13.9. The molecule has 4 N–H and O–H groups in total. The maximum atomic E-state index is 13.4. The number of amides is 1. The second kappa shape index (κ2) is 9.12. The number of aromatic nitrogens is 4. The number of carbonyl (C=O) groups is 3. The smallest absolute Gasteiger partial charge is 0.335 e. The van der Waals surface area contributed by atoms with E-state index < -0.39 is 33.7 Å². The predicted molar refractivity (Wildman–Crippen MR) is 140 cm³/mol. The predicted octanol–water partition coefficient (Wildman–Crippen LogP) is 2.12. The minimum atomic E-state index is -3.73. The van der Waals surface area contributed by atoms with Crippen molar-refractivity contribution >= 4 is 44.5 Å². The summed E-state index contributed by atoms with van der Waals surface area (Å²) >= 11 is 0. The summed E-state index contributed by atoms with van der Waals surface area (Å²) in [6, 6.07) is 7.79. The molecule has 2 atom stereocenters. The van der Waals surface area contributed by atoms with Crippen LogP contribution in [0.25, 0.3) is 11.0 Å². The van der Waals surface area contributed by atoms with E-state index in [1.54, 1.807) is 19.2 Å². The average molecular weight is 563 g/mol. The minimum absolute atomic E-state index is 0.0489. The van der Waals surface area contributed by atoms with Crippen LogP contribution < -0.4 is 10.6 Å². The van der Waals surface area contributed by atoms with Crippen molar-refractivity contribution in [2.75, 3.05) is 11.1 Å². The van der Waals surface area contributed by atoms with E-state index in [4.69, 9.17) is 0 Å². The lowest BCUT2D eigenvalue weighted by Crippen LogP contribution is -2.28. The number of carbonyl (C=O) groups excluding carboxylic acids is 1. The second-order valence-corrected chi connectivity index (χ2v) is 11.7. The first-order valence-electron chi connectivity index (χ1n) is 12.2. The van der Waals surface area contributed by atoms with E-state index in [0.717, 1.165) is 17.2 Å². The van der Waals surface area contributed by atoms with Crippen molar-refractivity contribution in [3.8, 4) is 0 Å². The summed E-state index contributed by atoms with van der Waals surface area (Å²) in [4.78, 5) is 44.4. The van der Waals surface area contributed by atoms with Gasteiger partial charge in [-0.1, -0.05) is 12.1 Å². The first-order chi connectivity index (χ1) is 19.0. The first kappa shape index (κ1) is 25.4. The summed E-state index contributed by atoms with van der Waals surface area (Å²) in [5, 5.41) is 29.0. The fourth-order valence-corrected chi connectivity index (χ4v) is 7.16. The summed E-state index contributed by atoms with van der Waals surface area (Å²) in [7, 11) is -2.12. The Bertz CT molecular complexity index is 1870. The largest absolute Gasteiger partial charge is 0.478 e. The van der Waals surface area contributed by atoms with Crippen LogP contribution in [0.3, 0.4) is 0 Å². The molecule has 0 fully saturated rings. The number of aromatic carboxylic acids is 2. The van der Waals surface area contributed by atoms with E-state index in [9.17, 15) is 33.0 Å². The third-order valence-corrected chi connectivity index (χ3v) is 9.07. The lowest BCUT2D eigenvalue weighted by atomic mass is 10.0. The molecule has 0 radical (unpaired) electrons. The normalized spacial score (nSPS) is 18.7. The van der Waals surface area contributed by atoms with Gasteiger partial charge in [-0.2, -0.15) is 5.10 Å². The monoisotopic (exact) mass is 562 g/mol. The number of carboxylic acids is 2. The quantitative estimate of drug-likeness (QED) is 0.269. The van der Waals surface area contributed by atoms with Crippen LogP contribution in [0.4, 0.5) is 5.82 Å². The van der Waals surface area contributed by atoms with Crippen LogP contribution in [0.5, 0.6) is 0 Å². The van der Waals surface area contributed by atoms with Gasteiger partial charge >= 0.3 is 11.9 Å². The Labute approximate surface area is 226 Å². The maximum Gasteiger partial charge on any atom is 0.335 e. The molecule has 14 heteroatoms. The minimum Gasteiger partial charge on any atom is -0.478 e. The van der Waals surface area contributed by atoms with Crippen LogP contribution in [-0.2, 0) is 23.3 Å². The van der Waals surface area contributed by atoms with E-state index in [1.807, 2.05) is 0 Å². The van der Waals surface area contributed by atoms with Crippen LogP contribution in [0, 0.1) is 0 Å². The van der Waals surface area contributed by atoms with Crippen LogP contribution in [0.15, 0.2) is 47.6 Å². The van der Waals surface area contributed by atoms with Gasteiger partial charge in [-0.25, -0.2) is 28.0 Å². The van der Waals surface area contributed by atoms with Crippen molar-refractivity contribution in [2.24, 2.45) is 7.05 Å². The van der Waals surface area contributed by atoms with Gasteiger partial charge in [-0.05, 0) is 53.8 Å². The molecule has 0 saturated heterocycles. The molecule has 4 aromatic rings. The number of anilines is 1. The lowest BCUT2D eigenvalue weighted by molar-refractivity contribution is 0.0686. The molecule has 2 aliphatic rings. The van der Waals surface area contributed by atoms with Crippen molar-refractivity contribution in [2.45, 2.75) is 29.8 Å². The molecule has 0 saturated carbocycles. The van der Waals surface area contributed by atoms with Gasteiger partial charge < -0.3 is 20.8 Å². The number of benzene rings is 2. The number of fused-ring (bicyclic) bond motifs is 3. The Morgan fingerprint density at radius 3 is 2.40 bits per heavy atom. The summed E-state index contributed by atoms with van der Waals surface area (Å²) < 4.78 is 27.0. The highest BCUT2D eigenvalue weighted by atomic mass is 32.2. The molecule has 1 amide bonds. The second-order valence-electron chi connectivity index (χ2n) is 9.71. The average Bonchev–Trinajstić information content (AvgIpc) is 3.55. The lowest BCUT2D eigenvalue weighted by Gasteiger charge is -2.14. The number of aryl methyl sites for hydroxylation is 2. The fourth-order valence-electron chi connectivity index (χ4n) is 5.40. The van der Waals surface area contributed by atoms with Gasteiger partial charge in [0, 0.05) is 7.05 Å². The van der Waals surface area contributed by atoms with Crippen molar-refractivity contribution < 1.29 is 33.0 Å². The molecule has 2 aromatic carbocycles. The zero-order valence-electron chi connectivity index (χ0n) is 21.0. The van der Waals surface area contributed by atoms with Crippen molar-refractivity contribution in [3.63, 3.8) is 0 Å². The Kier molecular flexibility index (Phi) is 5.80. The van der Waals surface area contributed by atoms with Gasteiger partial charge in [0.25, 0.3) is 5.91 Å². The van der Waals surface area contributed by atoms with Crippen LogP contribution in [0.1, 0.15) is 66.4 Å². The highest BCUT2D eigenvalue weighted by Gasteiger charge is 2.36. The molecule has 204 valence electrons. The number of nitrogens with one attached hydrogen (secondary N) is 2. The summed E-state index contributed by atoms with van der Waals surface area (Å²) in [6.07, 6.45) is 2.46. The standard InChI is InChI=1S/C26H22N6O7S/c1-32-22-20(23(31-32)29-18-10-40(38,39)19-9-14(26(36)37)3-6-16(18)19)27-11-28-21(22)24(33)30-17-7-4-12-8-13(25(34)35)2-5-15(12)17/h2-3,5-6,8-9,11,17-18H,4,7,10H2,1H3,(H,29,31)(H,30,33)(H,34,35)(H,36,37)/t17-,18?/m0/s1. The van der Waals surface area contributed by atoms with Gasteiger partial charge in [-0.3, -0.25) is 9.48 Å². The number of rotatable bonds is 6. The third-order valence-electron chi connectivity index (χ3n) is 7.28. The zero-order valence-corrected chi connectivity index (χ0v) is 21.8. The summed E-state index contributed by atoms with van der Waals surface area (Å²) in [5.41, 5.74) is 2.93. The van der Waals surface area contributed by atoms with Crippen LogP contribution in [-0.4, -0.2) is 62.0 Å². The number of carboxylic acid groups (broad SMARTS) is 2. The fraction of sp³-hybridized carbons (Fsp3) is 0.231. The topological polar surface area (TPSA) is 193 Å².